The van der Waals surface area contributed by atoms with Crippen LogP contribution in [0.3, 0.4) is 0 Å². The Hall–Kier alpha value is -5.62. The number of benzene rings is 3. The Morgan fingerprint density at radius 2 is 1.56 bits per heavy atom. The maximum absolute atomic E-state index is 13.6. The van der Waals surface area contributed by atoms with E-state index in [1.165, 1.54) is 41.7 Å². The van der Waals surface area contributed by atoms with E-state index in [0.717, 1.165) is 36.9 Å². The molecule has 0 saturated heterocycles. The van der Waals surface area contributed by atoms with Crippen molar-refractivity contribution in [3.05, 3.63) is 103 Å². The van der Waals surface area contributed by atoms with Crippen LogP contribution in [0.15, 0.2) is 91.1 Å². The smallest absolute Gasteiger partial charge is 0.267 e. The minimum absolute atomic E-state index is 0.0838. The Morgan fingerprint density at radius 3 is 2.21 bits per heavy atom. The highest BCUT2D eigenvalue weighted by Crippen LogP contribution is 2.49. The first kappa shape index (κ1) is 32.3. The van der Waals surface area contributed by atoms with Gasteiger partial charge < -0.3 is 15.8 Å². The molecule has 0 spiro atoms. The standard InChI is InChI=1S/C36H35FN6O5/c37-25-9-13-27(14-10-25)43(34(46)36(21-22-36)33(38)45)28-15-17-29(18-16-28)47-32-20-23-39-35(41-32)40-26-11-6-24(7-12-26)8-19-31(44)42-48-30-4-2-1-3-5-30/h6-20,23,30H,1-5,21-22H2,(H2,38,45)(H,42,44)(H,39,40,41)/b19-8+. The van der Waals surface area contributed by atoms with Gasteiger partial charge in [0.25, 0.3) is 5.91 Å². The largest absolute Gasteiger partial charge is 0.439 e. The van der Waals surface area contributed by atoms with Crippen LogP contribution in [-0.2, 0) is 19.2 Å². The number of primary amides is 1. The number of nitrogens with one attached hydrogen (secondary N) is 2. The van der Waals surface area contributed by atoms with Crippen LogP contribution in [-0.4, -0.2) is 33.8 Å². The lowest BCUT2D eigenvalue weighted by Crippen LogP contribution is -2.41. The molecule has 2 aliphatic rings. The number of aromatic nitrogens is 2. The van der Waals surface area contributed by atoms with E-state index in [-0.39, 0.29) is 17.9 Å². The van der Waals surface area contributed by atoms with Crippen molar-refractivity contribution in [2.75, 3.05) is 10.2 Å². The van der Waals surface area contributed by atoms with E-state index in [0.29, 0.717) is 35.9 Å². The van der Waals surface area contributed by atoms with Crippen LogP contribution >= 0.6 is 0 Å². The highest BCUT2D eigenvalue weighted by Gasteiger charge is 2.57. The van der Waals surface area contributed by atoms with Gasteiger partial charge in [0.2, 0.25) is 23.6 Å². The van der Waals surface area contributed by atoms with Crippen molar-refractivity contribution in [3.8, 4) is 11.6 Å². The fraction of sp³-hybridized carbons (Fsp3) is 0.250. The number of carbonyl (C=O) groups is 3. The average molecular weight is 651 g/mol. The van der Waals surface area contributed by atoms with Crippen molar-refractivity contribution in [1.29, 1.82) is 0 Å². The number of ether oxygens (including phenoxy) is 1. The van der Waals surface area contributed by atoms with Gasteiger partial charge in [-0.3, -0.25) is 24.1 Å². The number of nitrogens with zero attached hydrogens (tertiary/aromatic N) is 3. The summed E-state index contributed by atoms with van der Waals surface area (Å²) >= 11 is 0. The predicted octanol–water partition coefficient (Wildman–Crippen LogP) is 6.48. The fourth-order valence-corrected chi connectivity index (χ4v) is 5.46. The Labute approximate surface area is 276 Å². The van der Waals surface area contributed by atoms with Gasteiger partial charge in [-0.1, -0.05) is 31.4 Å². The highest BCUT2D eigenvalue weighted by atomic mass is 19.1. The molecule has 48 heavy (non-hydrogen) atoms. The number of hydrogen-bond acceptors (Lipinski definition) is 8. The van der Waals surface area contributed by atoms with Gasteiger partial charge in [-0.05, 0) is 98.0 Å². The van der Waals surface area contributed by atoms with Gasteiger partial charge in [0.1, 0.15) is 17.0 Å². The van der Waals surface area contributed by atoms with E-state index >= 15 is 0 Å². The van der Waals surface area contributed by atoms with Gasteiger partial charge in [0, 0.05) is 35.4 Å². The van der Waals surface area contributed by atoms with Gasteiger partial charge in [0.05, 0.1) is 6.10 Å². The molecule has 3 aromatic carbocycles. The van der Waals surface area contributed by atoms with Gasteiger partial charge in [0.15, 0.2) is 0 Å². The van der Waals surface area contributed by atoms with Crippen LogP contribution in [0.2, 0.25) is 0 Å². The zero-order chi connectivity index (χ0) is 33.5. The molecule has 0 bridgehead atoms. The number of anilines is 4. The Bertz CT molecular complexity index is 1790. The molecule has 0 atom stereocenters. The normalized spacial score (nSPS) is 15.4. The highest BCUT2D eigenvalue weighted by molar-refractivity contribution is 6.16. The fourth-order valence-electron chi connectivity index (χ4n) is 5.46. The monoisotopic (exact) mass is 650 g/mol. The number of hydroxylamine groups is 1. The number of carbonyl (C=O) groups excluding carboxylic acids is 3. The maximum Gasteiger partial charge on any atom is 0.267 e. The molecule has 0 radical (unpaired) electrons. The van der Waals surface area contributed by atoms with E-state index in [1.807, 2.05) is 24.3 Å². The van der Waals surface area contributed by atoms with E-state index < -0.39 is 23.0 Å². The Kier molecular flexibility index (Phi) is 9.72. The van der Waals surface area contributed by atoms with E-state index in [1.54, 1.807) is 42.6 Å². The second kappa shape index (κ2) is 14.4. The molecular formula is C36H35FN6O5. The van der Waals surface area contributed by atoms with Crippen LogP contribution in [0.1, 0.15) is 50.5 Å². The molecule has 1 aromatic heterocycles. The van der Waals surface area contributed by atoms with Gasteiger partial charge >= 0.3 is 0 Å². The second-order valence-electron chi connectivity index (χ2n) is 11.8. The Balaban J connectivity index is 1.07. The van der Waals surface area contributed by atoms with E-state index in [4.69, 9.17) is 15.3 Å². The van der Waals surface area contributed by atoms with Crippen LogP contribution in [0.4, 0.5) is 27.4 Å². The first-order chi connectivity index (χ1) is 23.3. The molecule has 3 amide bonds. The number of hydrogen-bond donors (Lipinski definition) is 3. The molecule has 4 aromatic rings. The summed E-state index contributed by atoms with van der Waals surface area (Å²) in [6.45, 7) is 0. The number of nitrogens with two attached hydrogens (primary N) is 1. The quantitative estimate of drug-likeness (QED) is 0.0897. The molecule has 2 fully saturated rings. The van der Waals surface area contributed by atoms with Crippen LogP contribution in [0.25, 0.3) is 6.08 Å². The van der Waals surface area contributed by atoms with Gasteiger partial charge in [-0.2, -0.15) is 4.98 Å². The molecule has 1 heterocycles. The van der Waals surface area contributed by atoms with Gasteiger partial charge in [-0.15, -0.1) is 0 Å². The average Bonchev–Trinajstić information content (AvgIpc) is 3.92. The minimum Gasteiger partial charge on any atom is -0.439 e. The summed E-state index contributed by atoms with van der Waals surface area (Å²) in [5, 5.41) is 3.13. The van der Waals surface area contributed by atoms with Crippen molar-refractivity contribution in [2.45, 2.75) is 51.0 Å². The van der Waals surface area contributed by atoms with Crippen LogP contribution < -0.4 is 26.2 Å². The summed E-state index contributed by atoms with van der Waals surface area (Å²) in [6.07, 6.45) is 10.9. The van der Waals surface area contributed by atoms with Gasteiger partial charge in [-0.25, -0.2) is 14.9 Å². The summed E-state index contributed by atoms with van der Waals surface area (Å²) in [5.74, 6) is -0.877. The van der Waals surface area contributed by atoms with Crippen molar-refractivity contribution in [2.24, 2.45) is 11.1 Å². The third-order valence-electron chi connectivity index (χ3n) is 8.34. The second-order valence-corrected chi connectivity index (χ2v) is 11.8. The third kappa shape index (κ3) is 7.84. The van der Waals surface area contributed by atoms with Crippen LogP contribution in [0.5, 0.6) is 11.6 Å². The number of amides is 3. The SMILES string of the molecule is NC(=O)C1(C(=O)N(c2ccc(F)cc2)c2ccc(Oc3ccnc(Nc4ccc(/C=C/C(=O)NOC5CCCCC5)cc4)n3)cc2)CC1. The van der Waals surface area contributed by atoms with Crippen molar-refractivity contribution in [1.82, 2.24) is 15.4 Å². The zero-order valence-corrected chi connectivity index (χ0v) is 26.1. The van der Waals surface area contributed by atoms with E-state index in [9.17, 15) is 18.8 Å². The summed E-state index contributed by atoms with van der Waals surface area (Å²) in [6, 6.07) is 21.1. The molecule has 246 valence electrons. The molecule has 11 nitrogen and oxygen atoms in total. The van der Waals surface area contributed by atoms with Crippen LogP contribution in [0, 0.1) is 11.2 Å². The molecule has 2 aliphatic carbocycles. The lowest BCUT2D eigenvalue weighted by molar-refractivity contribution is -0.135. The van der Waals surface area contributed by atoms with Crippen molar-refractivity contribution in [3.63, 3.8) is 0 Å². The van der Waals surface area contributed by atoms with E-state index in [2.05, 4.69) is 20.8 Å². The summed E-state index contributed by atoms with van der Waals surface area (Å²) in [7, 11) is 0. The maximum atomic E-state index is 13.6. The predicted molar refractivity (Wildman–Crippen MR) is 178 cm³/mol. The first-order valence-electron chi connectivity index (χ1n) is 15.8. The first-order valence-corrected chi connectivity index (χ1v) is 15.8. The lowest BCUT2D eigenvalue weighted by Gasteiger charge is -2.26. The molecule has 12 heteroatoms. The Morgan fingerprint density at radius 1 is 0.896 bits per heavy atom. The lowest BCUT2D eigenvalue weighted by atomic mass is 9.98. The van der Waals surface area contributed by atoms with Crippen molar-refractivity contribution >= 4 is 46.8 Å². The zero-order valence-electron chi connectivity index (χ0n) is 26.1. The summed E-state index contributed by atoms with van der Waals surface area (Å²) in [5.41, 5.74) is 9.24. The summed E-state index contributed by atoms with van der Waals surface area (Å²) < 4.78 is 19.6. The molecule has 2 saturated carbocycles. The molecule has 0 unspecified atom stereocenters. The van der Waals surface area contributed by atoms with Crippen molar-refractivity contribution < 1.29 is 28.3 Å². The molecular weight excluding hydrogens is 615 g/mol. The minimum atomic E-state index is -1.27. The number of halogens is 1. The third-order valence-corrected chi connectivity index (χ3v) is 8.34. The number of rotatable bonds is 12. The summed E-state index contributed by atoms with van der Waals surface area (Å²) in [4.78, 5) is 53.4. The molecule has 4 N–H and O–H groups in total. The topological polar surface area (TPSA) is 149 Å². The molecule has 6 rings (SSSR count). The molecule has 0 aliphatic heterocycles.